The number of nitrogens with zero attached hydrogens (tertiary/aromatic N) is 6. The van der Waals surface area contributed by atoms with Gasteiger partial charge in [0.2, 0.25) is 11.7 Å². The number of aryl methyl sites for hydroxylation is 1. The Morgan fingerprint density at radius 3 is 2.58 bits per heavy atom. The lowest BCUT2D eigenvalue weighted by atomic mass is 9.99. The van der Waals surface area contributed by atoms with Crippen LogP contribution in [0, 0.1) is 18.6 Å². The highest BCUT2D eigenvalue weighted by Gasteiger charge is 2.22. The highest BCUT2D eigenvalue weighted by atomic mass is 35.5. The van der Waals surface area contributed by atoms with Crippen LogP contribution in [0.25, 0.3) is 22.5 Å². The number of carbonyl (C=O) groups is 1. The molecule has 0 fully saturated rings. The fourth-order valence-electron chi connectivity index (χ4n) is 3.54. The highest BCUT2D eigenvalue weighted by molar-refractivity contribution is 6.31. The number of amides is 2. The fraction of sp³-hybridized carbons (Fsp3) is 0.250. The molecule has 11 nitrogen and oxygen atoms in total. The van der Waals surface area contributed by atoms with Gasteiger partial charge in [-0.2, -0.15) is 10.1 Å². The monoisotopic (exact) mass is 545 g/mol. The number of carbonyl (C=O) groups excluding carboxylic acids is 1. The Kier molecular flexibility index (Phi) is 7.67. The van der Waals surface area contributed by atoms with Crippen molar-refractivity contribution in [1.82, 2.24) is 30.6 Å². The van der Waals surface area contributed by atoms with Gasteiger partial charge < -0.3 is 19.1 Å². The van der Waals surface area contributed by atoms with E-state index < -0.39 is 23.7 Å². The number of hydrogen-bond donors (Lipinski definition) is 1. The lowest BCUT2D eigenvalue weighted by Gasteiger charge is -2.19. The van der Waals surface area contributed by atoms with Crippen LogP contribution in [-0.4, -0.2) is 51.2 Å². The molecule has 0 saturated carbocycles. The summed E-state index contributed by atoms with van der Waals surface area (Å²) in [5, 5.41) is 15.3. The SMILES string of the molecule is COc1cc(/C(C)=N\N(C)C(=O)NC(C)c2ncc(-c3cc(Cl)cc(F)c3-c3noc(C)n3)cc2F)on1. The average molecular weight is 546 g/mol. The molecule has 0 spiro atoms. The third-order valence-electron chi connectivity index (χ3n) is 5.39. The smallest absolute Gasteiger partial charge is 0.338 e. The summed E-state index contributed by atoms with van der Waals surface area (Å²) in [5.74, 6) is -0.650. The van der Waals surface area contributed by atoms with E-state index in [0.717, 1.165) is 17.1 Å². The number of hydrazone groups is 1. The summed E-state index contributed by atoms with van der Waals surface area (Å²) in [6, 6.07) is 3.77. The van der Waals surface area contributed by atoms with Crippen molar-refractivity contribution in [2.45, 2.75) is 26.8 Å². The first-order valence-corrected chi connectivity index (χ1v) is 11.5. The van der Waals surface area contributed by atoms with E-state index in [0.29, 0.717) is 11.5 Å². The predicted molar refractivity (Wildman–Crippen MR) is 133 cm³/mol. The third kappa shape index (κ3) is 5.62. The molecule has 0 aliphatic heterocycles. The number of halogens is 3. The first kappa shape index (κ1) is 26.7. The van der Waals surface area contributed by atoms with Gasteiger partial charge in [-0.25, -0.2) is 18.6 Å². The summed E-state index contributed by atoms with van der Waals surface area (Å²) >= 11 is 6.06. The molecule has 4 rings (SSSR count). The quantitative estimate of drug-likeness (QED) is 0.249. The zero-order chi connectivity index (χ0) is 27.6. The molecule has 0 saturated heterocycles. The van der Waals surface area contributed by atoms with E-state index in [1.165, 1.54) is 32.5 Å². The largest absolute Gasteiger partial charge is 0.479 e. The molecule has 1 atom stereocenters. The Bertz CT molecular complexity index is 1520. The second kappa shape index (κ2) is 10.9. The Hall–Kier alpha value is -4.39. The minimum absolute atomic E-state index is 0.0132. The maximum absolute atomic E-state index is 15.2. The van der Waals surface area contributed by atoms with Crippen molar-refractivity contribution in [3.05, 3.63) is 64.5 Å². The Morgan fingerprint density at radius 1 is 1.18 bits per heavy atom. The van der Waals surface area contributed by atoms with Gasteiger partial charge in [0, 0.05) is 30.8 Å². The van der Waals surface area contributed by atoms with E-state index in [4.69, 9.17) is 25.4 Å². The highest BCUT2D eigenvalue weighted by Crippen LogP contribution is 2.36. The molecule has 3 aromatic heterocycles. The van der Waals surface area contributed by atoms with Gasteiger partial charge in [0.25, 0.3) is 5.88 Å². The number of benzene rings is 1. The number of pyridine rings is 1. The molecule has 0 aliphatic carbocycles. The van der Waals surface area contributed by atoms with Gasteiger partial charge in [-0.05, 0) is 42.8 Å². The molecule has 198 valence electrons. The van der Waals surface area contributed by atoms with Crippen LogP contribution in [0.1, 0.15) is 37.2 Å². The molecule has 2 amide bonds. The molecule has 1 unspecified atom stereocenters. The van der Waals surface area contributed by atoms with Crippen LogP contribution in [0.4, 0.5) is 13.6 Å². The van der Waals surface area contributed by atoms with E-state index >= 15 is 4.39 Å². The van der Waals surface area contributed by atoms with Gasteiger partial charge in [0.05, 0.1) is 30.5 Å². The summed E-state index contributed by atoms with van der Waals surface area (Å²) in [5.41, 5.74) is 0.750. The molecular formula is C24H22ClF2N7O4. The van der Waals surface area contributed by atoms with Crippen molar-refractivity contribution in [3.8, 4) is 28.4 Å². The average Bonchev–Trinajstić information content (AvgIpc) is 3.52. The van der Waals surface area contributed by atoms with Crippen molar-refractivity contribution in [2.24, 2.45) is 5.10 Å². The summed E-state index contributed by atoms with van der Waals surface area (Å²) < 4.78 is 45.0. The molecule has 0 radical (unpaired) electrons. The molecule has 3 heterocycles. The summed E-state index contributed by atoms with van der Waals surface area (Å²) in [6.07, 6.45) is 1.34. The van der Waals surface area contributed by atoms with Crippen LogP contribution in [-0.2, 0) is 0 Å². The molecular weight excluding hydrogens is 524 g/mol. The third-order valence-corrected chi connectivity index (χ3v) is 5.60. The van der Waals surface area contributed by atoms with Crippen LogP contribution in [0.2, 0.25) is 5.02 Å². The number of nitrogens with one attached hydrogen (secondary N) is 1. The number of hydrogen-bond acceptors (Lipinski definition) is 9. The topological polar surface area (TPSA) is 132 Å². The van der Waals surface area contributed by atoms with Gasteiger partial charge in [0.1, 0.15) is 17.3 Å². The van der Waals surface area contributed by atoms with Gasteiger partial charge in [-0.3, -0.25) is 4.98 Å². The van der Waals surface area contributed by atoms with Crippen LogP contribution < -0.4 is 10.1 Å². The summed E-state index contributed by atoms with van der Waals surface area (Å²) in [4.78, 5) is 20.9. The Morgan fingerprint density at radius 2 is 1.95 bits per heavy atom. The summed E-state index contributed by atoms with van der Waals surface area (Å²) in [6.45, 7) is 4.74. The van der Waals surface area contributed by atoms with Crippen molar-refractivity contribution in [1.29, 1.82) is 0 Å². The van der Waals surface area contributed by atoms with Gasteiger partial charge in [0.15, 0.2) is 5.76 Å². The fourth-order valence-corrected chi connectivity index (χ4v) is 3.74. The molecule has 4 aromatic rings. The van der Waals surface area contributed by atoms with E-state index in [1.54, 1.807) is 20.8 Å². The standard InChI is InChI=1S/C24H22ClF2N7O4/c1-11(19-9-20(36-5)32-38-19)31-34(4)24(35)29-12(2)22-18(27)6-14(10-28-22)16-7-15(25)8-17(26)21(16)23-30-13(3)37-33-23/h6-10,12H,1-5H3,(H,29,35)/b31-11-. The number of ether oxygens (including phenoxy) is 1. The number of rotatable bonds is 7. The summed E-state index contributed by atoms with van der Waals surface area (Å²) in [7, 11) is 2.86. The minimum atomic E-state index is -0.838. The lowest BCUT2D eigenvalue weighted by Crippen LogP contribution is -2.36. The first-order valence-electron chi connectivity index (χ1n) is 11.1. The zero-order valence-corrected chi connectivity index (χ0v) is 21.7. The van der Waals surface area contributed by atoms with E-state index in [2.05, 4.69) is 30.7 Å². The molecule has 14 heteroatoms. The second-order valence-corrected chi connectivity index (χ2v) is 8.59. The normalized spacial score (nSPS) is 12.4. The lowest BCUT2D eigenvalue weighted by molar-refractivity contribution is 0.207. The van der Waals surface area contributed by atoms with Gasteiger partial charge in [-0.1, -0.05) is 16.8 Å². The second-order valence-electron chi connectivity index (χ2n) is 8.15. The molecule has 0 aliphatic rings. The number of urea groups is 1. The van der Waals surface area contributed by atoms with E-state index in [9.17, 15) is 9.18 Å². The van der Waals surface area contributed by atoms with Crippen LogP contribution in [0.3, 0.4) is 0 Å². The Balaban J connectivity index is 1.55. The molecule has 38 heavy (non-hydrogen) atoms. The first-order chi connectivity index (χ1) is 18.1. The number of methoxy groups -OCH3 is 1. The van der Waals surface area contributed by atoms with Crippen molar-refractivity contribution in [2.75, 3.05) is 14.2 Å². The van der Waals surface area contributed by atoms with Gasteiger partial charge >= 0.3 is 6.03 Å². The van der Waals surface area contributed by atoms with Crippen LogP contribution >= 0.6 is 11.6 Å². The van der Waals surface area contributed by atoms with Crippen molar-refractivity contribution in [3.63, 3.8) is 0 Å². The Labute approximate surface area is 220 Å². The predicted octanol–water partition coefficient (Wildman–Crippen LogP) is 5.16. The van der Waals surface area contributed by atoms with E-state index in [-0.39, 0.29) is 45.0 Å². The number of aromatic nitrogens is 4. The van der Waals surface area contributed by atoms with Crippen molar-refractivity contribution >= 4 is 23.3 Å². The minimum Gasteiger partial charge on any atom is -0.479 e. The molecule has 1 N–H and O–H groups in total. The van der Waals surface area contributed by atoms with Gasteiger partial charge in [-0.15, -0.1) is 0 Å². The maximum Gasteiger partial charge on any atom is 0.338 e. The van der Waals surface area contributed by atoms with Crippen LogP contribution in [0.5, 0.6) is 5.88 Å². The van der Waals surface area contributed by atoms with Crippen LogP contribution in [0.15, 0.2) is 44.6 Å². The molecule has 1 aromatic carbocycles. The van der Waals surface area contributed by atoms with E-state index in [1.807, 2.05) is 0 Å². The molecule has 0 bridgehead atoms. The maximum atomic E-state index is 15.2. The zero-order valence-electron chi connectivity index (χ0n) is 20.9. The van der Waals surface area contributed by atoms with Crippen molar-refractivity contribution < 1.29 is 27.4 Å².